The van der Waals surface area contributed by atoms with Crippen molar-refractivity contribution < 1.29 is 4.74 Å². The van der Waals surface area contributed by atoms with E-state index in [0.717, 1.165) is 11.5 Å². The van der Waals surface area contributed by atoms with Crippen molar-refractivity contribution in [1.29, 1.82) is 0 Å². The maximum atomic E-state index is 6.37. The Labute approximate surface area is 163 Å². The van der Waals surface area contributed by atoms with Crippen LogP contribution in [0.25, 0.3) is 27.5 Å². The van der Waals surface area contributed by atoms with Gasteiger partial charge < -0.3 is 9.30 Å². The van der Waals surface area contributed by atoms with Crippen molar-refractivity contribution in [2.75, 3.05) is 0 Å². The zero-order valence-electron chi connectivity index (χ0n) is 15.4. The van der Waals surface area contributed by atoms with Crippen LogP contribution in [0.15, 0.2) is 78.9 Å². The van der Waals surface area contributed by atoms with Gasteiger partial charge >= 0.3 is 0 Å². The summed E-state index contributed by atoms with van der Waals surface area (Å²) in [6, 6.07) is 28.3. The van der Waals surface area contributed by atoms with Crippen LogP contribution in [0.4, 0.5) is 0 Å². The minimum absolute atomic E-state index is 0.204. The zero-order valence-corrected chi connectivity index (χ0v) is 15.4. The fourth-order valence-corrected chi connectivity index (χ4v) is 5.29. The minimum atomic E-state index is 0.204. The molecule has 0 spiro atoms. The van der Waals surface area contributed by atoms with Crippen LogP contribution < -0.4 is 21.1 Å². The monoisotopic (exact) mass is 357 g/mol. The van der Waals surface area contributed by atoms with Gasteiger partial charge in [0.15, 0.2) is 0 Å². The van der Waals surface area contributed by atoms with Gasteiger partial charge in [0.2, 0.25) is 0 Å². The van der Waals surface area contributed by atoms with Gasteiger partial charge in [-0.2, -0.15) is 0 Å². The Hall–Kier alpha value is -3.46. The van der Waals surface area contributed by atoms with Crippen LogP contribution in [0.3, 0.4) is 0 Å². The molecule has 130 valence electrons. The molecule has 0 saturated heterocycles. The van der Waals surface area contributed by atoms with E-state index in [1.165, 1.54) is 49.4 Å². The molecule has 0 unspecified atom stereocenters. The Bertz CT molecular complexity index is 1460. The van der Waals surface area contributed by atoms with Gasteiger partial charge in [-0.1, -0.05) is 54.6 Å². The molecule has 2 aliphatic rings. The van der Waals surface area contributed by atoms with E-state index in [1.807, 2.05) is 0 Å². The molecule has 0 aliphatic carbocycles. The summed E-state index contributed by atoms with van der Waals surface area (Å²) >= 11 is 0. The lowest BCUT2D eigenvalue weighted by Gasteiger charge is -2.33. The highest BCUT2D eigenvalue weighted by atomic mass is 16.5. The highest BCUT2D eigenvalue weighted by molar-refractivity contribution is 6.99. The highest BCUT2D eigenvalue weighted by Gasteiger charge is 2.40. The molecule has 2 aliphatic heterocycles. The third-order valence-electron chi connectivity index (χ3n) is 6.38. The number of fused-ring (bicyclic) bond motifs is 8. The molecular formula is C25H16BNO. The third kappa shape index (κ3) is 1.57. The van der Waals surface area contributed by atoms with Crippen molar-refractivity contribution >= 4 is 44.9 Å². The normalized spacial score (nSPS) is 13.4. The Balaban J connectivity index is 1.78. The van der Waals surface area contributed by atoms with Crippen LogP contribution >= 0.6 is 0 Å². The van der Waals surface area contributed by atoms with Crippen molar-refractivity contribution in [1.82, 2.24) is 4.57 Å². The van der Waals surface area contributed by atoms with Gasteiger partial charge in [-0.3, -0.25) is 0 Å². The first-order valence-corrected chi connectivity index (χ1v) is 9.75. The molecule has 0 bridgehead atoms. The van der Waals surface area contributed by atoms with Crippen molar-refractivity contribution in [3.05, 3.63) is 84.4 Å². The summed E-state index contributed by atoms with van der Waals surface area (Å²) in [5.41, 5.74) is 9.09. The number of rotatable bonds is 0. The first-order valence-electron chi connectivity index (χ1n) is 9.75. The smallest absolute Gasteiger partial charge is 0.256 e. The molecule has 1 aromatic heterocycles. The van der Waals surface area contributed by atoms with Crippen molar-refractivity contribution in [3.8, 4) is 17.2 Å². The largest absolute Gasteiger partial charge is 0.458 e. The Morgan fingerprint density at radius 1 is 0.714 bits per heavy atom. The van der Waals surface area contributed by atoms with Crippen LogP contribution in [0, 0.1) is 6.92 Å². The standard InChI is InChI=1S/C25H16BNO/c1-15-7-6-10-19-24(15)27-20-11-4-2-8-16(20)17-13-14-22-23(25(17)27)26(19)18-9-3-5-12-21(18)28-22/h2-14H,1H3. The number of hydrogen-bond donors (Lipinski definition) is 0. The van der Waals surface area contributed by atoms with Crippen molar-refractivity contribution in [2.45, 2.75) is 6.92 Å². The summed E-state index contributed by atoms with van der Waals surface area (Å²) in [7, 11) is 0. The number of nitrogens with zero attached hydrogens (tertiary/aromatic N) is 1. The molecular weight excluding hydrogens is 341 g/mol. The topological polar surface area (TPSA) is 14.2 Å². The molecule has 0 atom stereocenters. The lowest BCUT2D eigenvalue weighted by molar-refractivity contribution is 0.488. The van der Waals surface area contributed by atoms with E-state index in [0.29, 0.717) is 0 Å². The molecule has 3 heteroatoms. The van der Waals surface area contributed by atoms with E-state index in [4.69, 9.17) is 4.74 Å². The van der Waals surface area contributed by atoms with Gasteiger partial charge in [0.25, 0.3) is 6.71 Å². The van der Waals surface area contributed by atoms with Crippen LogP contribution in [-0.2, 0) is 0 Å². The van der Waals surface area contributed by atoms with Crippen LogP contribution in [0.5, 0.6) is 11.5 Å². The molecule has 2 nitrogen and oxygen atoms in total. The summed E-state index contributed by atoms with van der Waals surface area (Å²) < 4.78 is 8.83. The number of aromatic nitrogens is 1. The van der Waals surface area contributed by atoms with Crippen LogP contribution in [-0.4, -0.2) is 11.3 Å². The summed E-state index contributed by atoms with van der Waals surface area (Å²) in [4.78, 5) is 0. The second-order valence-corrected chi connectivity index (χ2v) is 7.81. The van der Waals surface area contributed by atoms with Gasteiger partial charge in [0.1, 0.15) is 11.5 Å². The Morgan fingerprint density at radius 3 is 2.50 bits per heavy atom. The fraction of sp³-hybridized carbons (Fsp3) is 0.0400. The third-order valence-corrected chi connectivity index (χ3v) is 6.38. The summed E-state index contributed by atoms with van der Waals surface area (Å²) in [5.74, 6) is 1.95. The summed E-state index contributed by atoms with van der Waals surface area (Å²) in [6.07, 6.45) is 0. The quantitative estimate of drug-likeness (QED) is 0.374. The SMILES string of the molecule is Cc1cccc2c1-n1c3ccccc3c3ccc4c(c31)B2c1ccccc1O4. The van der Waals surface area contributed by atoms with Crippen molar-refractivity contribution in [3.63, 3.8) is 0 Å². The first-order chi connectivity index (χ1) is 13.8. The molecule has 4 aromatic carbocycles. The first kappa shape index (κ1) is 14.6. The lowest BCUT2D eigenvalue weighted by Crippen LogP contribution is -2.58. The molecule has 0 N–H and O–H groups in total. The molecule has 3 heterocycles. The average molecular weight is 357 g/mol. The lowest BCUT2D eigenvalue weighted by atomic mass is 9.34. The van der Waals surface area contributed by atoms with Gasteiger partial charge in [-0.05, 0) is 53.1 Å². The van der Waals surface area contributed by atoms with E-state index < -0.39 is 0 Å². The summed E-state index contributed by atoms with van der Waals surface area (Å²) in [5, 5.41) is 2.60. The zero-order chi connectivity index (χ0) is 18.4. The highest BCUT2D eigenvalue weighted by Crippen LogP contribution is 2.38. The Kier molecular flexibility index (Phi) is 2.54. The molecule has 0 radical (unpaired) electrons. The van der Waals surface area contributed by atoms with Gasteiger partial charge in [-0.15, -0.1) is 0 Å². The van der Waals surface area contributed by atoms with E-state index in [1.54, 1.807) is 0 Å². The van der Waals surface area contributed by atoms with E-state index >= 15 is 0 Å². The average Bonchev–Trinajstić information content (AvgIpc) is 3.07. The van der Waals surface area contributed by atoms with Crippen LogP contribution in [0.1, 0.15) is 5.56 Å². The second-order valence-electron chi connectivity index (χ2n) is 7.81. The number of benzene rings is 4. The predicted octanol–water partition coefficient (Wildman–Crippen LogP) is 4.03. The molecule has 0 amide bonds. The maximum absolute atomic E-state index is 6.37. The number of ether oxygens (including phenoxy) is 1. The minimum Gasteiger partial charge on any atom is -0.458 e. The van der Waals surface area contributed by atoms with Gasteiger partial charge in [0.05, 0.1) is 11.0 Å². The van der Waals surface area contributed by atoms with Crippen LogP contribution in [0.2, 0.25) is 0 Å². The van der Waals surface area contributed by atoms with Crippen molar-refractivity contribution in [2.24, 2.45) is 0 Å². The summed E-state index contributed by atoms with van der Waals surface area (Å²) in [6.45, 7) is 2.43. The number of aryl methyl sites for hydroxylation is 1. The molecule has 5 aromatic rings. The predicted molar refractivity (Wildman–Crippen MR) is 117 cm³/mol. The number of hydrogen-bond acceptors (Lipinski definition) is 1. The van der Waals surface area contributed by atoms with E-state index in [9.17, 15) is 0 Å². The fourth-order valence-electron chi connectivity index (χ4n) is 5.29. The second kappa shape index (κ2) is 4.88. The Morgan fingerprint density at radius 2 is 1.54 bits per heavy atom. The number of para-hydroxylation sites is 3. The molecule has 28 heavy (non-hydrogen) atoms. The molecule has 0 saturated carbocycles. The van der Waals surface area contributed by atoms with E-state index in [-0.39, 0.29) is 6.71 Å². The maximum Gasteiger partial charge on any atom is 0.256 e. The van der Waals surface area contributed by atoms with Gasteiger partial charge in [0, 0.05) is 16.5 Å². The van der Waals surface area contributed by atoms with E-state index in [2.05, 4.69) is 90.4 Å². The van der Waals surface area contributed by atoms with Gasteiger partial charge in [-0.25, -0.2) is 0 Å². The molecule has 7 rings (SSSR count). The molecule has 0 fully saturated rings.